The average molecular weight is 221 g/mol. The van der Waals surface area contributed by atoms with Crippen molar-refractivity contribution < 1.29 is 14.6 Å². The number of ether oxygens (including phenoxy) is 1. The molecule has 0 spiro atoms. The van der Waals surface area contributed by atoms with Gasteiger partial charge in [0, 0.05) is 13.2 Å². The summed E-state index contributed by atoms with van der Waals surface area (Å²) in [4.78, 5) is 11.8. The molecule has 1 aliphatic carbocycles. The van der Waals surface area contributed by atoms with Crippen LogP contribution in [0.3, 0.4) is 0 Å². The number of benzene rings is 1. The summed E-state index contributed by atoms with van der Waals surface area (Å²) in [7, 11) is 1.67. The van der Waals surface area contributed by atoms with Crippen molar-refractivity contribution in [2.45, 2.75) is 25.0 Å². The Hall–Kier alpha value is -1.55. The number of hydrogen-bond donors (Lipinski definition) is 2. The molecule has 4 heteroatoms. The van der Waals surface area contributed by atoms with E-state index in [9.17, 15) is 9.90 Å². The molecule has 1 aromatic carbocycles. The van der Waals surface area contributed by atoms with E-state index in [1.807, 2.05) is 0 Å². The van der Waals surface area contributed by atoms with Crippen LogP contribution >= 0.6 is 0 Å². The molecule has 86 valence electrons. The fraction of sp³-hybridized carbons (Fsp3) is 0.417. The van der Waals surface area contributed by atoms with Crippen LogP contribution in [0, 0.1) is 0 Å². The van der Waals surface area contributed by atoms with E-state index < -0.39 is 0 Å². The monoisotopic (exact) mass is 221 g/mol. The van der Waals surface area contributed by atoms with Gasteiger partial charge in [0.25, 0.3) is 5.91 Å². The number of aromatic hydroxyl groups is 1. The van der Waals surface area contributed by atoms with E-state index in [-0.39, 0.29) is 23.8 Å². The summed E-state index contributed by atoms with van der Waals surface area (Å²) in [5.74, 6) is -0.208. The van der Waals surface area contributed by atoms with Crippen molar-refractivity contribution in [1.82, 2.24) is 5.32 Å². The summed E-state index contributed by atoms with van der Waals surface area (Å²) in [6.45, 7) is 0. The molecule has 0 heterocycles. The maximum atomic E-state index is 11.8. The van der Waals surface area contributed by atoms with Gasteiger partial charge in [-0.3, -0.25) is 4.79 Å². The van der Waals surface area contributed by atoms with Gasteiger partial charge in [-0.2, -0.15) is 0 Å². The van der Waals surface area contributed by atoms with E-state index in [0.717, 1.165) is 12.8 Å². The highest BCUT2D eigenvalue weighted by atomic mass is 16.5. The van der Waals surface area contributed by atoms with Crippen LogP contribution < -0.4 is 5.32 Å². The van der Waals surface area contributed by atoms with Crippen molar-refractivity contribution in [3.8, 4) is 5.75 Å². The Balaban J connectivity index is 1.92. The standard InChI is InChI=1S/C12H15NO3/c1-16-9-6-8(7-9)13-12(15)10-4-2-3-5-11(10)14/h2-5,8-9,14H,6-7H2,1H3,(H,13,15). The van der Waals surface area contributed by atoms with Gasteiger partial charge in [-0.25, -0.2) is 0 Å². The highest BCUT2D eigenvalue weighted by Crippen LogP contribution is 2.23. The molecule has 0 radical (unpaired) electrons. The van der Waals surface area contributed by atoms with E-state index in [1.54, 1.807) is 25.3 Å². The fourth-order valence-corrected chi connectivity index (χ4v) is 1.80. The molecule has 0 aromatic heterocycles. The van der Waals surface area contributed by atoms with Crippen LogP contribution in [0.1, 0.15) is 23.2 Å². The Kier molecular flexibility index (Phi) is 3.10. The van der Waals surface area contributed by atoms with Gasteiger partial charge in [0.05, 0.1) is 11.7 Å². The van der Waals surface area contributed by atoms with Gasteiger partial charge < -0.3 is 15.2 Å². The van der Waals surface area contributed by atoms with Gasteiger partial charge >= 0.3 is 0 Å². The third kappa shape index (κ3) is 2.17. The van der Waals surface area contributed by atoms with E-state index in [4.69, 9.17) is 4.74 Å². The van der Waals surface area contributed by atoms with Crippen LogP contribution in [-0.4, -0.2) is 30.3 Å². The van der Waals surface area contributed by atoms with E-state index >= 15 is 0 Å². The van der Waals surface area contributed by atoms with Crippen LogP contribution in [-0.2, 0) is 4.74 Å². The van der Waals surface area contributed by atoms with Crippen molar-refractivity contribution in [2.75, 3.05) is 7.11 Å². The zero-order chi connectivity index (χ0) is 11.5. The Morgan fingerprint density at radius 1 is 1.44 bits per heavy atom. The van der Waals surface area contributed by atoms with E-state index in [1.165, 1.54) is 6.07 Å². The quantitative estimate of drug-likeness (QED) is 0.808. The third-order valence-electron chi connectivity index (χ3n) is 2.91. The first kappa shape index (κ1) is 11.0. The predicted molar refractivity (Wildman–Crippen MR) is 59.4 cm³/mol. The van der Waals surface area contributed by atoms with Crippen molar-refractivity contribution in [3.05, 3.63) is 29.8 Å². The SMILES string of the molecule is COC1CC(NC(=O)c2ccccc2O)C1. The second-order valence-electron chi connectivity index (χ2n) is 4.02. The minimum atomic E-state index is -0.224. The Morgan fingerprint density at radius 2 is 2.12 bits per heavy atom. The van der Waals surface area contributed by atoms with E-state index in [0.29, 0.717) is 5.56 Å². The summed E-state index contributed by atoms with van der Waals surface area (Å²) in [6, 6.07) is 6.70. The molecule has 0 saturated heterocycles. The highest BCUT2D eigenvalue weighted by Gasteiger charge is 2.30. The molecule has 1 amide bonds. The molecule has 0 bridgehead atoms. The lowest BCUT2D eigenvalue weighted by molar-refractivity contribution is 0.0176. The third-order valence-corrected chi connectivity index (χ3v) is 2.91. The van der Waals surface area contributed by atoms with Crippen molar-refractivity contribution in [3.63, 3.8) is 0 Å². The minimum Gasteiger partial charge on any atom is -0.507 e. The molecule has 1 fully saturated rings. The number of phenolic OH excluding ortho intramolecular Hbond substituents is 1. The number of carbonyl (C=O) groups excluding carboxylic acids is 1. The molecule has 16 heavy (non-hydrogen) atoms. The van der Waals surface area contributed by atoms with Crippen molar-refractivity contribution >= 4 is 5.91 Å². The molecule has 1 saturated carbocycles. The van der Waals surface area contributed by atoms with Gasteiger partial charge in [0.1, 0.15) is 5.75 Å². The van der Waals surface area contributed by atoms with Crippen molar-refractivity contribution in [1.29, 1.82) is 0 Å². The first-order valence-electron chi connectivity index (χ1n) is 5.32. The molecule has 4 nitrogen and oxygen atoms in total. The van der Waals surface area contributed by atoms with Gasteiger partial charge in [-0.1, -0.05) is 12.1 Å². The molecule has 0 aliphatic heterocycles. The second kappa shape index (κ2) is 4.53. The Bertz CT molecular complexity index is 386. The summed E-state index contributed by atoms with van der Waals surface area (Å²) in [5, 5.41) is 12.4. The normalized spacial score (nSPS) is 23.6. The largest absolute Gasteiger partial charge is 0.507 e. The number of nitrogens with one attached hydrogen (secondary N) is 1. The fourth-order valence-electron chi connectivity index (χ4n) is 1.80. The van der Waals surface area contributed by atoms with Gasteiger partial charge in [-0.05, 0) is 25.0 Å². The molecular formula is C12H15NO3. The smallest absolute Gasteiger partial charge is 0.255 e. The lowest BCUT2D eigenvalue weighted by Gasteiger charge is -2.34. The summed E-state index contributed by atoms with van der Waals surface area (Å²) in [5.41, 5.74) is 0.323. The number of methoxy groups -OCH3 is 1. The molecule has 0 atom stereocenters. The van der Waals surface area contributed by atoms with Crippen LogP contribution in [0.5, 0.6) is 5.75 Å². The number of para-hydroxylation sites is 1. The Morgan fingerprint density at radius 3 is 2.75 bits per heavy atom. The van der Waals surface area contributed by atoms with E-state index in [2.05, 4.69) is 5.32 Å². The average Bonchev–Trinajstić information content (AvgIpc) is 2.23. The molecular weight excluding hydrogens is 206 g/mol. The summed E-state index contributed by atoms with van der Waals surface area (Å²) >= 11 is 0. The zero-order valence-electron chi connectivity index (χ0n) is 9.14. The van der Waals surface area contributed by atoms with Crippen molar-refractivity contribution in [2.24, 2.45) is 0 Å². The number of carbonyl (C=O) groups is 1. The maximum absolute atomic E-state index is 11.8. The molecule has 1 aliphatic rings. The topological polar surface area (TPSA) is 58.6 Å². The maximum Gasteiger partial charge on any atom is 0.255 e. The van der Waals surface area contributed by atoms with Crippen LogP contribution in [0.2, 0.25) is 0 Å². The number of hydrogen-bond acceptors (Lipinski definition) is 3. The lowest BCUT2D eigenvalue weighted by Crippen LogP contribution is -2.47. The summed E-state index contributed by atoms with van der Waals surface area (Å²) in [6.07, 6.45) is 1.95. The molecule has 2 N–H and O–H groups in total. The lowest BCUT2D eigenvalue weighted by atomic mass is 9.89. The van der Waals surface area contributed by atoms with Gasteiger partial charge in [0.2, 0.25) is 0 Å². The predicted octanol–water partition coefficient (Wildman–Crippen LogP) is 1.30. The number of phenols is 1. The highest BCUT2D eigenvalue weighted by molar-refractivity contribution is 5.96. The molecule has 1 aromatic rings. The number of rotatable bonds is 3. The first-order chi connectivity index (χ1) is 7.70. The van der Waals surface area contributed by atoms with Crippen LogP contribution in [0.15, 0.2) is 24.3 Å². The van der Waals surface area contributed by atoms with Gasteiger partial charge in [-0.15, -0.1) is 0 Å². The van der Waals surface area contributed by atoms with Crippen LogP contribution in [0.25, 0.3) is 0 Å². The minimum absolute atomic E-state index is 0.0163. The molecule has 2 rings (SSSR count). The Labute approximate surface area is 94.2 Å². The number of amides is 1. The first-order valence-corrected chi connectivity index (χ1v) is 5.32. The second-order valence-corrected chi connectivity index (χ2v) is 4.02. The zero-order valence-corrected chi connectivity index (χ0v) is 9.14. The van der Waals surface area contributed by atoms with Gasteiger partial charge in [0.15, 0.2) is 0 Å². The summed E-state index contributed by atoms with van der Waals surface area (Å²) < 4.78 is 5.13. The van der Waals surface area contributed by atoms with Crippen LogP contribution in [0.4, 0.5) is 0 Å². The molecule has 0 unspecified atom stereocenters.